The number of nitrogens with one attached hydrogen (secondary N) is 1. The normalized spacial score (nSPS) is 11.2. The molecule has 0 bridgehead atoms. The fourth-order valence-corrected chi connectivity index (χ4v) is 2.06. The number of ether oxygens (including phenoxy) is 1. The molecule has 0 spiro atoms. The van der Waals surface area contributed by atoms with E-state index in [1.165, 1.54) is 0 Å². The molecule has 0 aromatic heterocycles. The Balaban J connectivity index is 2.06. The van der Waals surface area contributed by atoms with Crippen molar-refractivity contribution in [1.82, 2.24) is 5.32 Å². The molecule has 3 N–H and O–H groups in total. The number of hydrogen-bond donors (Lipinski definition) is 2. The van der Waals surface area contributed by atoms with Gasteiger partial charge < -0.3 is 15.8 Å². The SMILES string of the molecule is CC(C)(CCN)CCC(=O)NCCCOc1ccccc1. The Morgan fingerprint density at radius 1 is 1.24 bits per heavy atom. The summed E-state index contributed by atoms with van der Waals surface area (Å²) in [5, 5.41) is 2.93. The average molecular weight is 292 g/mol. The van der Waals surface area contributed by atoms with E-state index in [0.717, 1.165) is 25.0 Å². The molecule has 0 aliphatic rings. The second-order valence-electron chi connectivity index (χ2n) is 6.07. The van der Waals surface area contributed by atoms with Crippen LogP contribution in [0.5, 0.6) is 5.75 Å². The van der Waals surface area contributed by atoms with Crippen LogP contribution in [-0.4, -0.2) is 25.6 Å². The van der Waals surface area contributed by atoms with Crippen molar-refractivity contribution in [2.75, 3.05) is 19.7 Å². The van der Waals surface area contributed by atoms with E-state index < -0.39 is 0 Å². The first-order valence-electron chi connectivity index (χ1n) is 7.68. The van der Waals surface area contributed by atoms with Gasteiger partial charge in [-0.2, -0.15) is 0 Å². The summed E-state index contributed by atoms with van der Waals surface area (Å²) in [5.41, 5.74) is 5.71. The molecule has 0 aliphatic heterocycles. The molecule has 0 radical (unpaired) electrons. The van der Waals surface area contributed by atoms with Gasteiger partial charge in [0.05, 0.1) is 6.61 Å². The Hall–Kier alpha value is -1.55. The van der Waals surface area contributed by atoms with Crippen LogP contribution in [0.2, 0.25) is 0 Å². The van der Waals surface area contributed by atoms with E-state index in [2.05, 4.69) is 19.2 Å². The van der Waals surface area contributed by atoms with Gasteiger partial charge in [0.2, 0.25) is 5.91 Å². The number of nitrogens with two attached hydrogens (primary N) is 1. The fraction of sp³-hybridized carbons (Fsp3) is 0.588. The smallest absolute Gasteiger partial charge is 0.220 e. The number of para-hydroxylation sites is 1. The highest BCUT2D eigenvalue weighted by Gasteiger charge is 2.17. The molecule has 4 heteroatoms. The van der Waals surface area contributed by atoms with E-state index >= 15 is 0 Å². The standard InChI is InChI=1S/C17H28N2O2/c1-17(2,11-12-18)10-9-16(20)19-13-6-14-21-15-7-4-3-5-8-15/h3-5,7-8H,6,9-14,18H2,1-2H3,(H,19,20). The van der Waals surface area contributed by atoms with E-state index in [4.69, 9.17) is 10.5 Å². The highest BCUT2D eigenvalue weighted by atomic mass is 16.5. The van der Waals surface area contributed by atoms with Crippen molar-refractivity contribution in [2.24, 2.45) is 11.1 Å². The minimum absolute atomic E-state index is 0.111. The van der Waals surface area contributed by atoms with Gasteiger partial charge in [-0.05, 0) is 43.4 Å². The Morgan fingerprint density at radius 3 is 2.62 bits per heavy atom. The molecule has 0 atom stereocenters. The quantitative estimate of drug-likeness (QED) is 0.652. The molecule has 1 aromatic rings. The van der Waals surface area contributed by atoms with Crippen molar-refractivity contribution in [3.05, 3.63) is 30.3 Å². The number of rotatable bonds is 10. The summed E-state index contributed by atoms with van der Waals surface area (Å²) in [4.78, 5) is 11.7. The zero-order valence-electron chi connectivity index (χ0n) is 13.2. The molecule has 0 unspecified atom stereocenters. The van der Waals surface area contributed by atoms with Gasteiger partial charge in [-0.3, -0.25) is 4.79 Å². The maximum absolute atomic E-state index is 11.7. The molecular formula is C17H28N2O2. The third-order valence-corrected chi connectivity index (χ3v) is 3.51. The second kappa shape index (κ2) is 9.40. The molecule has 0 aliphatic carbocycles. The molecule has 0 saturated heterocycles. The van der Waals surface area contributed by atoms with Crippen LogP contribution in [0, 0.1) is 5.41 Å². The van der Waals surface area contributed by atoms with Crippen molar-refractivity contribution in [3.8, 4) is 5.75 Å². The van der Waals surface area contributed by atoms with E-state index in [-0.39, 0.29) is 11.3 Å². The lowest BCUT2D eigenvalue weighted by Crippen LogP contribution is -2.27. The van der Waals surface area contributed by atoms with Gasteiger partial charge in [-0.15, -0.1) is 0 Å². The summed E-state index contributed by atoms with van der Waals surface area (Å²) in [7, 11) is 0. The maximum Gasteiger partial charge on any atom is 0.220 e. The van der Waals surface area contributed by atoms with Crippen LogP contribution in [0.1, 0.15) is 39.5 Å². The van der Waals surface area contributed by atoms with E-state index in [1.807, 2.05) is 30.3 Å². The monoisotopic (exact) mass is 292 g/mol. The second-order valence-corrected chi connectivity index (χ2v) is 6.07. The lowest BCUT2D eigenvalue weighted by atomic mass is 9.84. The molecule has 1 aromatic carbocycles. The van der Waals surface area contributed by atoms with Crippen LogP contribution in [-0.2, 0) is 4.79 Å². The summed E-state index contributed by atoms with van der Waals surface area (Å²) in [6, 6.07) is 9.70. The number of benzene rings is 1. The topological polar surface area (TPSA) is 64.4 Å². The molecule has 118 valence electrons. The largest absolute Gasteiger partial charge is 0.494 e. The Kier molecular flexibility index (Phi) is 7.83. The van der Waals surface area contributed by atoms with Gasteiger partial charge in [0.1, 0.15) is 5.75 Å². The zero-order chi connectivity index (χ0) is 15.6. The van der Waals surface area contributed by atoms with Crippen LogP contribution in [0.3, 0.4) is 0 Å². The molecule has 4 nitrogen and oxygen atoms in total. The summed E-state index contributed by atoms with van der Waals surface area (Å²) < 4.78 is 5.57. The first kappa shape index (κ1) is 17.5. The molecule has 1 rings (SSSR count). The zero-order valence-corrected chi connectivity index (χ0v) is 13.2. The van der Waals surface area contributed by atoms with E-state index in [9.17, 15) is 4.79 Å². The van der Waals surface area contributed by atoms with Gasteiger partial charge in [-0.25, -0.2) is 0 Å². The maximum atomic E-state index is 11.7. The lowest BCUT2D eigenvalue weighted by Gasteiger charge is -2.23. The molecular weight excluding hydrogens is 264 g/mol. The summed E-state index contributed by atoms with van der Waals surface area (Å²) in [6.45, 7) is 6.25. The third-order valence-electron chi connectivity index (χ3n) is 3.51. The predicted octanol–water partition coefficient (Wildman–Crippen LogP) is 2.73. The van der Waals surface area contributed by atoms with Crippen molar-refractivity contribution in [1.29, 1.82) is 0 Å². The number of hydrogen-bond acceptors (Lipinski definition) is 3. The van der Waals surface area contributed by atoms with Gasteiger partial charge in [0.15, 0.2) is 0 Å². The van der Waals surface area contributed by atoms with Gasteiger partial charge in [0.25, 0.3) is 0 Å². The van der Waals surface area contributed by atoms with Crippen molar-refractivity contribution < 1.29 is 9.53 Å². The predicted molar refractivity (Wildman–Crippen MR) is 86.3 cm³/mol. The highest BCUT2D eigenvalue weighted by Crippen LogP contribution is 2.25. The molecule has 1 amide bonds. The van der Waals surface area contributed by atoms with Gasteiger partial charge >= 0.3 is 0 Å². The van der Waals surface area contributed by atoms with Crippen LogP contribution in [0.15, 0.2) is 30.3 Å². The molecule has 21 heavy (non-hydrogen) atoms. The fourth-order valence-electron chi connectivity index (χ4n) is 2.06. The minimum atomic E-state index is 0.111. The van der Waals surface area contributed by atoms with Crippen LogP contribution >= 0.6 is 0 Å². The third kappa shape index (κ3) is 8.35. The Labute approximate surface area is 128 Å². The van der Waals surface area contributed by atoms with E-state index in [0.29, 0.717) is 26.1 Å². The Bertz CT molecular complexity index is 405. The van der Waals surface area contributed by atoms with Gasteiger partial charge in [-0.1, -0.05) is 32.0 Å². The van der Waals surface area contributed by atoms with Crippen molar-refractivity contribution in [3.63, 3.8) is 0 Å². The van der Waals surface area contributed by atoms with Crippen LogP contribution in [0.4, 0.5) is 0 Å². The minimum Gasteiger partial charge on any atom is -0.494 e. The van der Waals surface area contributed by atoms with Crippen molar-refractivity contribution >= 4 is 5.91 Å². The number of amides is 1. The summed E-state index contributed by atoms with van der Waals surface area (Å²) >= 11 is 0. The summed E-state index contributed by atoms with van der Waals surface area (Å²) in [5.74, 6) is 0.979. The summed E-state index contributed by atoms with van der Waals surface area (Å²) in [6.07, 6.45) is 3.20. The van der Waals surface area contributed by atoms with Crippen LogP contribution in [0.25, 0.3) is 0 Å². The Morgan fingerprint density at radius 2 is 1.95 bits per heavy atom. The molecule has 0 heterocycles. The van der Waals surface area contributed by atoms with E-state index in [1.54, 1.807) is 0 Å². The van der Waals surface area contributed by atoms with Crippen LogP contribution < -0.4 is 15.8 Å². The number of carbonyl (C=O) groups excluding carboxylic acids is 1. The van der Waals surface area contributed by atoms with Crippen molar-refractivity contribution in [2.45, 2.75) is 39.5 Å². The average Bonchev–Trinajstić information content (AvgIpc) is 2.46. The molecule has 0 fully saturated rings. The highest BCUT2D eigenvalue weighted by molar-refractivity contribution is 5.75. The van der Waals surface area contributed by atoms with Gasteiger partial charge in [0, 0.05) is 13.0 Å². The number of carbonyl (C=O) groups is 1. The lowest BCUT2D eigenvalue weighted by molar-refractivity contribution is -0.121. The first-order valence-corrected chi connectivity index (χ1v) is 7.68. The first-order chi connectivity index (χ1) is 10.0. The molecule has 0 saturated carbocycles.